The summed E-state index contributed by atoms with van der Waals surface area (Å²) in [6.45, 7) is 6.27. The van der Waals surface area contributed by atoms with Crippen molar-refractivity contribution in [3.8, 4) is 5.75 Å². The molecule has 68 heavy (non-hydrogen) atoms. The minimum absolute atomic E-state index is 0.0472. The molecule has 1 aromatic rings. The van der Waals surface area contributed by atoms with Crippen LogP contribution in [0.15, 0.2) is 24.3 Å². The summed E-state index contributed by atoms with van der Waals surface area (Å²) in [7, 11) is 2.04. The maximum Gasteiger partial charge on any atom is 0.246 e. The number of nitrogens with one attached hydrogen (secondary N) is 7. The lowest BCUT2D eigenvalue weighted by Crippen LogP contribution is -2.61. The smallest absolute Gasteiger partial charge is 0.246 e. The summed E-state index contributed by atoms with van der Waals surface area (Å²) < 4.78 is 0. The van der Waals surface area contributed by atoms with E-state index in [0.717, 1.165) is 21.6 Å². The molecule has 2 aliphatic heterocycles. The molecule has 2 saturated heterocycles. The van der Waals surface area contributed by atoms with E-state index in [1.165, 1.54) is 29.2 Å². The minimum Gasteiger partial charge on any atom is -0.508 e. The molecule has 2 heterocycles. The Morgan fingerprint density at radius 2 is 1.38 bits per heavy atom. The molecule has 0 aromatic heterocycles. The number of phenols is 1. The number of nitrogens with zero attached hydrogens (tertiary/aromatic N) is 1. The largest absolute Gasteiger partial charge is 0.508 e. The van der Waals surface area contributed by atoms with Crippen LogP contribution in [0, 0.1) is 11.8 Å². The lowest BCUT2D eigenvalue weighted by Gasteiger charge is -2.31. The molecule has 16 N–H and O–H groups in total. The van der Waals surface area contributed by atoms with Gasteiger partial charge in [-0.3, -0.25) is 52.7 Å². The molecule has 0 radical (unpaired) electrons. The molecule has 2 fully saturated rings. The van der Waals surface area contributed by atoms with E-state index in [4.69, 9.17) is 22.9 Å². The Labute approximate surface area is 401 Å². The zero-order chi connectivity index (χ0) is 50.8. The van der Waals surface area contributed by atoms with Gasteiger partial charge in [-0.15, -0.1) is 0 Å². The second kappa shape index (κ2) is 27.0. The van der Waals surface area contributed by atoms with Gasteiger partial charge < -0.3 is 70.2 Å². The van der Waals surface area contributed by atoms with E-state index in [2.05, 4.69) is 37.2 Å². The summed E-state index contributed by atoms with van der Waals surface area (Å²) in [5.41, 5.74) is 22.9. The Kier molecular flexibility index (Phi) is 22.3. The maximum absolute atomic E-state index is 14.4. The molecule has 24 nitrogen and oxygen atoms in total. The SMILES string of the molecule is CC[C@H](C)C1NC(=O)[C@H](Cc2ccc(O)cc2)NC(=O)[C@@H](N)CSSC[C@@H](C(=O)N2CCC[C@H]2C(=O)N[C@H](C(=O)NCC(N)=O)C(C)C)NC(=O)[C@H](CC(N)=O)NC(=O)[C@H](CCC(N)=O)NC1=O. The van der Waals surface area contributed by atoms with Crippen molar-refractivity contribution in [3.05, 3.63) is 29.8 Å². The van der Waals surface area contributed by atoms with Crippen molar-refractivity contribution < 1.29 is 57.8 Å². The average molecular weight is 993 g/mol. The Balaban J connectivity index is 2.05. The van der Waals surface area contributed by atoms with Gasteiger partial charge in [0, 0.05) is 30.9 Å². The predicted molar refractivity (Wildman–Crippen MR) is 250 cm³/mol. The van der Waals surface area contributed by atoms with Gasteiger partial charge >= 0.3 is 0 Å². The quantitative estimate of drug-likeness (QED) is 0.0703. The molecule has 1 aromatic carbocycles. The van der Waals surface area contributed by atoms with Crippen molar-refractivity contribution in [2.24, 2.45) is 34.8 Å². The van der Waals surface area contributed by atoms with Crippen LogP contribution in [0.5, 0.6) is 5.75 Å². The van der Waals surface area contributed by atoms with E-state index in [0.29, 0.717) is 18.4 Å². The Morgan fingerprint density at radius 1 is 0.779 bits per heavy atom. The number of likely N-dealkylation sites (tertiary alicyclic amines) is 1. The summed E-state index contributed by atoms with van der Waals surface area (Å²) in [6.07, 6.45) is -0.876. The van der Waals surface area contributed by atoms with Gasteiger partial charge in [-0.2, -0.15) is 0 Å². The van der Waals surface area contributed by atoms with Crippen LogP contribution in [0.4, 0.5) is 0 Å². The van der Waals surface area contributed by atoms with E-state index in [9.17, 15) is 57.8 Å². The summed E-state index contributed by atoms with van der Waals surface area (Å²) in [5, 5.41) is 27.6. The van der Waals surface area contributed by atoms with Crippen LogP contribution in [0.1, 0.15) is 71.8 Å². The highest BCUT2D eigenvalue weighted by molar-refractivity contribution is 8.76. The molecule has 11 amide bonds. The monoisotopic (exact) mass is 992 g/mol. The molecule has 0 aliphatic carbocycles. The number of phenolic OH excluding ortho intramolecular Hbond substituents is 1. The number of benzene rings is 1. The van der Waals surface area contributed by atoms with Gasteiger partial charge in [0.2, 0.25) is 65.0 Å². The second-order valence-electron chi connectivity index (χ2n) is 16.9. The van der Waals surface area contributed by atoms with Crippen molar-refractivity contribution in [2.45, 2.75) is 121 Å². The van der Waals surface area contributed by atoms with Crippen LogP contribution in [-0.2, 0) is 59.2 Å². The number of nitrogens with two attached hydrogens (primary N) is 4. The van der Waals surface area contributed by atoms with E-state index in [1.807, 2.05) is 0 Å². The lowest BCUT2D eigenvalue weighted by atomic mass is 9.96. The number of carbonyl (C=O) groups excluding carboxylic acids is 11. The van der Waals surface area contributed by atoms with E-state index < -0.39 is 151 Å². The molecule has 9 atom stereocenters. The fourth-order valence-electron chi connectivity index (χ4n) is 7.14. The van der Waals surface area contributed by atoms with E-state index >= 15 is 0 Å². The standard InChI is InChI=1S/C42H64N12O12S2/c1-5-21(4)34-41(65)48-25(12-13-30(44)56)36(60)50-27(16-31(45)57)37(61)51-28(42(66)54-14-6-7-29(54)39(63)52-33(20(2)3)40(64)47-17-32(46)58)19-68-67-18-24(43)35(59)49-26(38(62)53-34)15-22-8-10-23(55)11-9-22/h8-11,20-21,24-29,33-34,55H,5-7,12-19,43H2,1-4H3,(H2,44,56)(H2,45,57)(H2,46,58)(H,47,64)(H,48,65)(H,49,59)(H,50,60)(H,51,61)(H,52,63)(H,53,62)/t21-,24-,25-,26-,27-,28-,29-,33-,34?/m0/s1. The van der Waals surface area contributed by atoms with Crippen LogP contribution in [0.25, 0.3) is 0 Å². The Bertz CT molecular complexity index is 2030. The fourth-order valence-corrected chi connectivity index (χ4v) is 9.42. The summed E-state index contributed by atoms with van der Waals surface area (Å²) in [5.74, 6) is -10.8. The van der Waals surface area contributed by atoms with Crippen LogP contribution in [0.3, 0.4) is 0 Å². The van der Waals surface area contributed by atoms with Crippen molar-refractivity contribution in [3.63, 3.8) is 0 Å². The average Bonchev–Trinajstić information content (AvgIpc) is 3.78. The van der Waals surface area contributed by atoms with Gasteiger partial charge in [-0.25, -0.2) is 0 Å². The topological polar surface area (TPSA) is 400 Å². The summed E-state index contributed by atoms with van der Waals surface area (Å²) in [4.78, 5) is 148. The Hall–Kier alpha value is -6.15. The highest BCUT2D eigenvalue weighted by Crippen LogP contribution is 2.26. The molecule has 26 heteroatoms. The van der Waals surface area contributed by atoms with Crippen molar-refractivity contribution >= 4 is 86.6 Å². The van der Waals surface area contributed by atoms with Crippen molar-refractivity contribution in [1.82, 2.24) is 42.1 Å². The number of rotatable bonds is 16. The minimum atomic E-state index is -1.75. The van der Waals surface area contributed by atoms with Crippen LogP contribution in [0.2, 0.25) is 0 Å². The molecule has 2 aliphatic rings. The number of amides is 11. The third kappa shape index (κ3) is 17.5. The van der Waals surface area contributed by atoms with Gasteiger partial charge in [-0.05, 0) is 48.8 Å². The van der Waals surface area contributed by atoms with Gasteiger partial charge in [0.1, 0.15) is 48.0 Å². The molecule has 3 rings (SSSR count). The predicted octanol–water partition coefficient (Wildman–Crippen LogP) is -4.00. The first-order valence-corrected chi connectivity index (χ1v) is 24.5. The summed E-state index contributed by atoms with van der Waals surface area (Å²) >= 11 is 0. The third-order valence-electron chi connectivity index (χ3n) is 11.2. The van der Waals surface area contributed by atoms with Gasteiger partial charge in [-0.1, -0.05) is 67.8 Å². The highest BCUT2D eigenvalue weighted by atomic mass is 33.1. The molecule has 0 bridgehead atoms. The maximum atomic E-state index is 14.4. The van der Waals surface area contributed by atoms with E-state index in [-0.39, 0.29) is 36.6 Å². The molecular weight excluding hydrogens is 929 g/mol. The molecule has 1 unspecified atom stereocenters. The molecule has 376 valence electrons. The summed E-state index contributed by atoms with van der Waals surface area (Å²) in [6, 6.07) is -5.08. The zero-order valence-corrected chi connectivity index (χ0v) is 40.0. The van der Waals surface area contributed by atoms with Crippen LogP contribution in [-0.4, -0.2) is 148 Å². The normalized spacial score (nSPS) is 24.5. The molecular formula is C42H64N12O12S2. The second-order valence-corrected chi connectivity index (χ2v) is 19.5. The number of primary amides is 3. The number of hydrogen-bond acceptors (Lipinski definition) is 15. The van der Waals surface area contributed by atoms with Gasteiger partial charge in [0.05, 0.1) is 19.0 Å². The number of hydrogen-bond donors (Lipinski definition) is 12. The Morgan fingerprint density at radius 3 is 1.99 bits per heavy atom. The number of carbonyl (C=O) groups is 11. The first-order chi connectivity index (χ1) is 32.0. The zero-order valence-electron chi connectivity index (χ0n) is 38.4. The molecule has 0 spiro atoms. The van der Waals surface area contributed by atoms with Gasteiger partial charge in [0.15, 0.2) is 0 Å². The van der Waals surface area contributed by atoms with Crippen LogP contribution < -0.4 is 60.2 Å². The van der Waals surface area contributed by atoms with E-state index in [1.54, 1.807) is 27.7 Å². The molecule has 0 saturated carbocycles. The highest BCUT2D eigenvalue weighted by Gasteiger charge is 2.41. The van der Waals surface area contributed by atoms with Gasteiger partial charge in [0.25, 0.3) is 0 Å². The van der Waals surface area contributed by atoms with Crippen molar-refractivity contribution in [1.29, 1.82) is 0 Å². The number of aromatic hydroxyl groups is 1. The first-order valence-electron chi connectivity index (χ1n) is 22.1. The fraction of sp³-hybridized carbons (Fsp3) is 0.595. The lowest BCUT2D eigenvalue weighted by molar-refractivity contribution is -0.142. The van der Waals surface area contributed by atoms with Crippen molar-refractivity contribution in [2.75, 3.05) is 24.6 Å². The third-order valence-corrected chi connectivity index (χ3v) is 13.6. The first kappa shape index (κ1) is 56.2. The van der Waals surface area contributed by atoms with Crippen LogP contribution >= 0.6 is 21.6 Å².